The van der Waals surface area contributed by atoms with Crippen molar-refractivity contribution < 1.29 is 18.8 Å². The predicted octanol–water partition coefficient (Wildman–Crippen LogP) is 1.31. The number of furan rings is 1. The van der Waals surface area contributed by atoms with Gasteiger partial charge in [-0.25, -0.2) is 0 Å². The molecule has 1 saturated carbocycles. The van der Waals surface area contributed by atoms with Crippen LogP contribution in [0.5, 0.6) is 0 Å². The predicted molar refractivity (Wildman–Crippen MR) is 80.9 cm³/mol. The number of carbonyl (C=O) groups is 2. The molecule has 4 rings (SSSR count). The lowest BCUT2D eigenvalue weighted by atomic mass is 9.92. The van der Waals surface area contributed by atoms with Crippen LogP contribution in [0.25, 0.3) is 0 Å². The molecule has 7 nitrogen and oxygen atoms in total. The van der Waals surface area contributed by atoms with Crippen LogP contribution < -0.4 is 5.32 Å². The van der Waals surface area contributed by atoms with E-state index in [4.69, 9.17) is 9.25 Å². The quantitative estimate of drug-likeness (QED) is 0.911. The summed E-state index contributed by atoms with van der Waals surface area (Å²) in [6, 6.07) is 3.62. The van der Waals surface area contributed by atoms with Crippen LogP contribution in [-0.4, -0.2) is 47.2 Å². The molecule has 7 heteroatoms. The minimum atomic E-state index is -0.561. The highest BCUT2D eigenvalue weighted by Crippen LogP contribution is 2.34. The van der Waals surface area contributed by atoms with Crippen LogP contribution >= 0.6 is 0 Å². The summed E-state index contributed by atoms with van der Waals surface area (Å²) in [5.74, 6) is 0.0362. The van der Waals surface area contributed by atoms with Gasteiger partial charge in [0.2, 0.25) is 0 Å². The Labute approximate surface area is 133 Å². The van der Waals surface area contributed by atoms with Crippen LogP contribution in [0, 0.1) is 0 Å². The number of hydrogen-bond acceptors (Lipinski definition) is 5. The molecule has 0 bridgehead atoms. The second kappa shape index (κ2) is 5.40. The first kappa shape index (κ1) is 14.3. The van der Waals surface area contributed by atoms with E-state index in [0.717, 1.165) is 12.8 Å². The Kier molecular flexibility index (Phi) is 3.36. The molecule has 1 N–H and O–H groups in total. The number of nitrogens with one attached hydrogen (secondary N) is 1. The second-order valence-corrected chi connectivity index (χ2v) is 6.54. The zero-order valence-electron chi connectivity index (χ0n) is 12.8. The molecule has 1 atom stereocenters. The fourth-order valence-corrected chi connectivity index (χ4v) is 3.26. The van der Waals surface area contributed by atoms with Crippen LogP contribution in [0.2, 0.25) is 0 Å². The molecule has 2 amide bonds. The highest BCUT2D eigenvalue weighted by molar-refractivity contribution is 6.39. The zero-order valence-corrected chi connectivity index (χ0v) is 12.8. The summed E-state index contributed by atoms with van der Waals surface area (Å²) in [5.41, 5.74) is -0.127. The van der Waals surface area contributed by atoms with Crippen molar-refractivity contribution in [1.29, 1.82) is 0 Å². The SMILES string of the molecule is O=C(NC1CCC1)C1=NOC2(CCN(C(=O)c3ccco3)C2)C1. The molecular weight excluding hydrogens is 298 g/mol. The largest absolute Gasteiger partial charge is 0.459 e. The van der Waals surface area contributed by atoms with E-state index in [1.165, 1.54) is 12.7 Å². The maximum atomic E-state index is 12.3. The van der Waals surface area contributed by atoms with Crippen LogP contribution in [0.4, 0.5) is 0 Å². The number of nitrogens with zero attached hydrogens (tertiary/aromatic N) is 2. The van der Waals surface area contributed by atoms with E-state index in [0.29, 0.717) is 37.4 Å². The summed E-state index contributed by atoms with van der Waals surface area (Å²) in [6.07, 6.45) is 5.85. The molecule has 1 saturated heterocycles. The molecule has 1 spiro atoms. The fourth-order valence-electron chi connectivity index (χ4n) is 3.26. The first-order valence-electron chi connectivity index (χ1n) is 8.04. The normalized spacial score (nSPS) is 26.8. The van der Waals surface area contributed by atoms with Crippen molar-refractivity contribution in [3.8, 4) is 0 Å². The van der Waals surface area contributed by atoms with Gasteiger partial charge in [-0.3, -0.25) is 9.59 Å². The standard InChI is InChI=1S/C16H19N3O4/c20-14(17-11-3-1-4-11)12-9-16(23-18-12)6-7-19(10-16)15(21)13-5-2-8-22-13/h2,5,8,11H,1,3-4,6-7,9-10H2,(H,17,20). The molecule has 3 aliphatic rings. The van der Waals surface area contributed by atoms with E-state index >= 15 is 0 Å². The Balaban J connectivity index is 1.36. The molecule has 1 aromatic heterocycles. The Morgan fingerprint density at radius 1 is 1.39 bits per heavy atom. The minimum Gasteiger partial charge on any atom is -0.459 e. The van der Waals surface area contributed by atoms with Crippen molar-refractivity contribution in [2.45, 2.75) is 43.7 Å². The van der Waals surface area contributed by atoms with Crippen LogP contribution in [0.15, 0.2) is 28.0 Å². The molecule has 3 heterocycles. The lowest BCUT2D eigenvalue weighted by molar-refractivity contribution is -0.116. The van der Waals surface area contributed by atoms with Crippen molar-refractivity contribution in [1.82, 2.24) is 10.2 Å². The van der Waals surface area contributed by atoms with E-state index in [-0.39, 0.29) is 17.9 Å². The van der Waals surface area contributed by atoms with Crippen molar-refractivity contribution in [3.63, 3.8) is 0 Å². The van der Waals surface area contributed by atoms with Crippen molar-refractivity contribution >= 4 is 17.5 Å². The molecule has 1 aliphatic carbocycles. The maximum Gasteiger partial charge on any atom is 0.289 e. The van der Waals surface area contributed by atoms with Gasteiger partial charge in [-0.05, 0) is 31.4 Å². The van der Waals surface area contributed by atoms with Gasteiger partial charge < -0.3 is 19.5 Å². The Bertz CT molecular complexity index is 650. The molecule has 1 unspecified atom stereocenters. The first-order valence-corrected chi connectivity index (χ1v) is 8.04. The van der Waals surface area contributed by atoms with Gasteiger partial charge in [0.05, 0.1) is 12.8 Å². The number of amides is 2. The van der Waals surface area contributed by atoms with Crippen LogP contribution in [-0.2, 0) is 9.63 Å². The topological polar surface area (TPSA) is 84.1 Å². The van der Waals surface area contributed by atoms with Gasteiger partial charge in [-0.15, -0.1) is 0 Å². The van der Waals surface area contributed by atoms with E-state index in [9.17, 15) is 9.59 Å². The van der Waals surface area contributed by atoms with Crippen LogP contribution in [0.1, 0.15) is 42.7 Å². The molecule has 0 radical (unpaired) electrons. The number of hydrogen-bond donors (Lipinski definition) is 1. The summed E-state index contributed by atoms with van der Waals surface area (Å²) < 4.78 is 5.16. The number of carbonyl (C=O) groups excluding carboxylic acids is 2. The van der Waals surface area contributed by atoms with Gasteiger partial charge in [-0.1, -0.05) is 5.16 Å². The lowest BCUT2D eigenvalue weighted by Gasteiger charge is -2.26. The fraction of sp³-hybridized carbons (Fsp3) is 0.562. The van der Waals surface area contributed by atoms with Gasteiger partial charge in [0.15, 0.2) is 11.4 Å². The van der Waals surface area contributed by atoms with Gasteiger partial charge in [0.1, 0.15) is 5.71 Å². The van der Waals surface area contributed by atoms with Crippen molar-refractivity contribution in [2.75, 3.05) is 13.1 Å². The molecule has 2 aliphatic heterocycles. The molecule has 2 fully saturated rings. The summed E-state index contributed by atoms with van der Waals surface area (Å²) in [5, 5.41) is 6.96. The van der Waals surface area contributed by atoms with Gasteiger partial charge in [-0.2, -0.15) is 0 Å². The monoisotopic (exact) mass is 317 g/mol. The van der Waals surface area contributed by atoms with E-state index < -0.39 is 5.60 Å². The minimum absolute atomic E-state index is 0.137. The highest BCUT2D eigenvalue weighted by Gasteiger charge is 2.48. The van der Waals surface area contributed by atoms with Crippen molar-refractivity contribution in [2.24, 2.45) is 5.16 Å². The molecule has 1 aromatic rings. The van der Waals surface area contributed by atoms with Gasteiger partial charge in [0, 0.05) is 25.4 Å². The van der Waals surface area contributed by atoms with E-state index in [1.807, 2.05) is 0 Å². The molecular formula is C16H19N3O4. The average Bonchev–Trinajstić information content (AvgIpc) is 3.24. The summed E-state index contributed by atoms with van der Waals surface area (Å²) >= 11 is 0. The average molecular weight is 317 g/mol. The second-order valence-electron chi connectivity index (χ2n) is 6.54. The van der Waals surface area contributed by atoms with Crippen molar-refractivity contribution in [3.05, 3.63) is 24.2 Å². The third kappa shape index (κ3) is 2.60. The Hall–Kier alpha value is -2.31. The van der Waals surface area contributed by atoms with E-state index in [2.05, 4.69) is 10.5 Å². The number of likely N-dealkylation sites (tertiary alicyclic amines) is 1. The third-order valence-electron chi connectivity index (χ3n) is 4.88. The molecule has 23 heavy (non-hydrogen) atoms. The highest BCUT2D eigenvalue weighted by atomic mass is 16.7. The molecule has 0 aromatic carbocycles. The number of rotatable bonds is 3. The Morgan fingerprint density at radius 2 is 2.26 bits per heavy atom. The maximum absolute atomic E-state index is 12.3. The first-order chi connectivity index (χ1) is 11.2. The lowest BCUT2D eigenvalue weighted by Crippen LogP contribution is -2.44. The molecule has 122 valence electrons. The zero-order chi connectivity index (χ0) is 15.9. The van der Waals surface area contributed by atoms with Gasteiger partial charge in [0.25, 0.3) is 11.8 Å². The van der Waals surface area contributed by atoms with E-state index in [1.54, 1.807) is 17.0 Å². The Morgan fingerprint density at radius 3 is 2.96 bits per heavy atom. The summed E-state index contributed by atoms with van der Waals surface area (Å²) in [6.45, 7) is 1.00. The van der Waals surface area contributed by atoms with Gasteiger partial charge >= 0.3 is 0 Å². The number of oxime groups is 1. The smallest absolute Gasteiger partial charge is 0.289 e. The summed E-state index contributed by atoms with van der Waals surface area (Å²) in [7, 11) is 0. The van der Waals surface area contributed by atoms with Crippen LogP contribution in [0.3, 0.4) is 0 Å². The third-order valence-corrected chi connectivity index (χ3v) is 4.88. The summed E-state index contributed by atoms with van der Waals surface area (Å²) in [4.78, 5) is 31.8.